The molecule has 1 amide bonds. The monoisotopic (exact) mass is 311 g/mol. The second-order valence-electron chi connectivity index (χ2n) is 5.26. The van der Waals surface area contributed by atoms with E-state index in [4.69, 9.17) is 22.1 Å². The number of hydrogen-bond acceptors (Lipinski definition) is 4. The van der Waals surface area contributed by atoms with Crippen molar-refractivity contribution in [1.29, 1.82) is 0 Å². The summed E-state index contributed by atoms with van der Waals surface area (Å²) in [6.07, 6.45) is 2.33. The molecule has 1 aromatic carbocycles. The average Bonchev–Trinajstić information content (AvgIpc) is 2.96. The normalized spacial score (nSPS) is 17.9. The highest BCUT2D eigenvalue weighted by Gasteiger charge is 2.21. The van der Waals surface area contributed by atoms with E-state index in [0.29, 0.717) is 29.8 Å². The SMILES string of the molecule is COCCN(CC1CCCN1)c1ccc(Cl)cc1C(N)=O. The molecular weight excluding hydrogens is 290 g/mol. The lowest BCUT2D eigenvalue weighted by Gasteiger charge is -2.29. The Morgan fingerprint density at radius 2 is 2.38 bits per heavy atom. The average molecular weight is 312 g/mol. The van der Waals surface area contributed by atoms with Gasteiger partial charge in [0.25, 0.3) is 5.91 Å². The van der Waals surface area contributed by atoms with Crippen molar-refractivity contribution in [2.45, 2.75) is 18.9 Å². The minimum atomic E-state index is -0.464. The Labute approximate surface area is 130 Å². The number of anilines is 1. The fourth-order valence-electron chi connectivity index (χ4n) is 2.67. The number of nitrogens with two attached hydrogens (primary N) is 1. The Kier molecular flexibility index (Phi) is 5.85. The van der Waals surface area contributed by atoms with Crippen molar-refractivity contribution in [3.8, 4) is 0 Å². The molecule has 0 aliphatic carbocycles. The second-order valence-corrected chi connectivity index (χ2v) is 5.69. The van der Waals surface area contributed by atoms with E-state index in [1.54, 1.807) is 19.2 Å². The molecular formula is C15H22ClN3O2. The second kappa shape index (κ2) is 7.64. The van der Waals surface area contributed by atoms with Crippen molar-refractivity contribution >= 4 is 23.2 Å². The van der Waals surface area contributed by atoms with Crippen molar-refractivity contribution in [1.82, 2.24) is 5.32 Å². The van der Waals surface area contributed by atoms with Gasteiger partial charge in [0.2, 0.25) is 0 Å². The summed E-state index contributed by atoms with van der Waals surface area (Å²) in [5.41, 5.74) is 6.76. The van der Waals surface area contributed by atoms with Gasteiger partial charge in [-0.1, -0.05) is 11.6 Å². The molecule has 21 heavy (non-hydrogen) atoms. The smallest absolute Gasteiger partial charge is 0.250 e. The number of carbonyl (C=O) groups is 1. The van der Waals surface area contributed by atoms with Crippen LogP contribution in [-0.2, 0) is 4.74 Å². The van der Waals surface area contributed by atoms with Crippen LogP contribution in [0.4, 0.5) is 5.69 Å². The Balaban J connectivity index is 2.23. The van der Waals surface area contributed by atoms with Crippen LogP contribution in [0.15, 0.2) is 18.2 Å². The van der Waals surface area contributed by atoms with Gasteiger partial charge < -0.3 is 20.7 Å². The van der Waals surface area contributed by atoms with Crippen LogP contribution in [0, 0.1) is 0 Å². The van der Waals surface area contributed by atoms with E-state index < -0.39 is 5.91 Å². The number of benzene rings is 1. The molecule has 0 bridgehead atoms. The van der Waals surface area contributed by atoms with E-state index in [-0.39, 0.29) is 0 Å². The van der Waals surface area contributed by atoms with Gasteiger partial charge in [-0.3, -0.25) is 4.79 Å². The van der Waals surface area contributed by atoms with E-state index in [1.807, 2.05) is 6.07 Å². The number of amides is 1. The van der Waals surface area contributed by atoms with Crippen LogP contribution in [0.3, 0.4) is 0 Å². The Hall–Kier alpha value is -1.30. The number of carbonyl (C=O) groups excluding carboxylic acids is 1. The van der Waals surface area contributed by atoms with Crippen molar-refractivity contribution < 1.29 is 9.53 Å². The summed E-state index contributed by atoms with van der Waals surface area (Å²) in [4.78, 5) is 13.8. The number of rotatable bonds is 7. The maximum atomic E-state index is 11.7. The molecule has 1 unspecified atom stereocenters. The highest BCUT2D eigenvalue weighted by atomic mass is 35.5. The minimum absolute atomic E-state index is 0.429. The summed E-state index contributed by atoms with van der Waals surface area (Å²) in [6, 6.07) is 5.69. The number of hydrogen-bond donors (Lipinski definition) is 2. The highest BCUT2D eigenvalue weighted by Crippen LogP contribution is 2.25. The zero-order valence-corrected chi connectivity index (χ0v) is 13.0. The molecule has 1 heterocycles. The van der Waals surface area contributed by atoms with E-state index in [9.17, 15) is 4.79 Å². The molecule has 3 N–H and O–H groups in total. The Morgan fingerprint density at radius 1 is 1.57 bits per heavy atom. The standard InChI is InChI=1S/C15H22ClN3O2/c1-21-8-7-19(10-12-3-2-6-18-12)14-5-4-11(16)9-13(14)15(17)20/h4-5,9,12,18H,2-3,6-8,10H2,1H3,(H2,17,20). The fourth-order valence-corrected chi connectivity index (χ4v) is 2.84. The predicted molar refractivity (Wildman–Crippen MR) is 85.1 cm³/mol. The molecule has 1 aromatic rings. The molecule has 1 fully saturated rings. The van der Waals surface area contributed by atoms with Crippen molar-refractivity contribution in [3.63, 3.8) is 0 Å². The van der Waals surface area contributed by atoms with Crippen LogP contribution in [0.25, 0.3) is 0 Å². The molecule has 1 aliphatic rings. The zero-order chi connectivity index (χ0) is 15.2. The molecule has 0 saturated carbocycles. The lowest BCUT2D eigenvalue weighted by Crippen LogP contribution is -2.40. The number of primary amides is 1. The Bertz CT molecular complexity index is 490. The van der Waals surface area contributed by atoms with Gasteiger partial charge in [-0.2, -0.15) is 0 Å². The number of nitrogens with zero attached hydrogens (tertiary/aromatic N) is 1. The van der Waals surface area contributed by atoms with Gasteiger partial charge in [-0.15, -0.1) is 0 Å². The van der Waals surface area contributed by atoms with E-state index in [1.165, 1.54) is 6.42 Å². The van der Waals surface area contributed by atoms with Crippen LogP contribution in [-0.4, -0.2) is 45.3 Å². The molecule has 1 aliphatic heterocycles. The maximum absolute atomic E-state index is 11.7. The van der Waals surface area contributed by atoms with Crippen molar-refractivity contribution in [2.75, 3.05) is 38.3 Å². The number of halogens is 1. The molecule has 6 heteroatoms. The molecule has 0 radical (unpaired) electrons. The third-order valence-electron chi connectivity index (χ3n) is 3.73. The summed E-state index contributed by atoms with van der Waals surface area (Å²) in [5.74, 6) is -0.464. The molecule has 5 nitrogen and oxygen atoms in total. The van der Waals surface area contributed by atoms with Crippen LogP contribution in [0.2, 0.25) is 5.02 Å². The van der Waals surface area contributed by atoms with E-state index in [0.717, 1.165) is 25.2 Å². The first-order valence-corrected chi connectivity index (χ1v) is 7.56. The summed E-state index contributed by atoms with van der Waals surface area (Å²) in [6.45, 7) is 3.17. The summed E-state index contributed by atoms with van der Waals surface area (Å²) < 4.78 is 5.18. The summed E-state index contributed by atoms with van der Waals surface area (Å²) >= 11 is 5.98. The van der Waals surface area contributed by atoms with Gasteiger partial charge in [0.1, 0.15) is 0 Å². The lowest BCUT2D eigenvalue weighted by atomic mass is 10.1. The Morgan fingerprint density at radius 3 is 3.00 bits per heavy atom. The van der Waals surface area contributed by atoms with Crippen molar-refractivity contribution in [3.05, 3.63) is 28.8 Å². The van der Waals surface area contributed by atoms with Gasteiger partial charge in [-0.25, -0.2) is 0 Å². The molecule has 0 aromatic heterocycles. The third-order valence-corrected chi connectivity index (χ3v) is 3.97. The highest BCUT2D eigenvalue weighted by molar-refractivity contribution is 6.31. The van der Waals surface area contributed by atoms with Gasteiger partial charge in [0, 0.05) is 37.0 Å². The lowest BCUT2D eigenvalue weighted by molar-refractivity contribution is 0.100. The molecule has 1 saturated heterocycles. The van der Waals surface area contributed by atoms with Gasteiger partial charge in [-0.05, 0) is 37.6 Å². The topological polar surface area (TPSA) is 67.6 Å². The number of ether oxygens (including phenoxy) is 1. The van der Waals surface area contributed by atoms with Crippen LogP contribution in [0.5, 0.6) is 0 Å². The van der Waals surface area contributed by atoms with Gasteiger partial charge in [0.15, 0.2) is 0 Å². The van der Waals surface area contributed by atoms with E-state index in [2.05, 4.69) is 10.2 Å². The first-order chi connectivity index (χ1) is 10.1. The van der Waals surface area contributed by atoms with E-state index >= 15 is 0 Å². The van der Waals surface area contributed by atoms with Crippen LogP contribution >= 0.6 is 11.6 Å². The largest absolute Gasteiger partial charge is 0.383 e. The zero-order valence-electron chi connectivity index (χ0n) is 12.3. The van der Waals surface area contributed by atoms with Crippen LogP contribution < -0.4 is 16.0 Å². The molecule has 116 valence electrons. The fraction of sp³-hybridized carbons (Fsp3) is 0.533. The first-order valence-electron chi connectivity index (χ1n) is 7.18. The predicted octanol–water partition coefficient (Wildman–Crippen LogP) is 1.64. The maximum Gasteiger partial charge on any atom is 0.250 e. The van der Waals surface area contributed by atoms with Gasteiger partial charge in [0.05, 0.1) is 12.2 Å². The first kappa shape index (κ1) is 16.1. The molecule has 0 spiro atoms. The summed E-state index contributed by atoms with van der Waals surface area (Å²) in [5, 5.41) is 3.98. The van der Waals surface area contributed by atoms with Crippen LogP contribution in [0.1, 0.15) is 23.2 Å². The quantitative estimate of drug-likeness (QED) is 0.803. The molecule has 2 rings (SSSR count). The van der Waals surface area contributed by atoms with Gasteiger partial charge >= 0.3 is 0 Å². The number of methoxy groups -OCH3 is 1. The third kappa shape index (κ3) is 4.33. The summed E-state index contributed by atoms with van der Waals surface area (Å²) in [7, 11) is 1.67. The molecule has 1 atom stereocenters. The number of nitrogens with one attached hydrogen (secondary N) is 1. The van der Waals surface area contributed by atoms with Crippen molar-refractivity contribution in [2.24, 2.45) is 5.73 Å². The minimum Gasteiger partial charge on any atom is -0.383 e.